The minimum atomic E-state index is -0.723. The first kappa shape index (κ1) is 13.1. The van der Waals surface area contributed by atoms with Crippen molar-refractivity contribution in [1.29, 1.82) is 0 Å². The maximum Gasteiger partial charge on any atom is 0.0818 e. The summed E-state index contributed by atoms with van der Waals surface area (Å²) in [5.41, 5.74) is 1.52. The Morgan fingerprint density at radius 3 is 2.11 bits per heavy atom. The molecular formula is C15H15ClO2. The third-order valence-corrected chi connectivity index (χ3v) is 3.10. The lowest BCUT2D eigenvalue weighted by Gasteiger charge is -2.16. The molecule has 94 valence electrons. The lowest BCUT2D eigenvalue weighted by molar-refractivity contribution is 0.0804. The molecule has 0 aliphatic carbocycles. The average molecular weight is 263 g/mol. The van der Waals surface area contributed by atoms with Gasteiger partial charge in [-0.2, -0.15) is 0 Å². The molecule has 0 fully saturated rings. The highest BCUT2D eigenvalue weighted by atomic mass is 35.5. The number of hydrogen-bond donors (Lipinski definition) is 2. The lowest BCUT2D eigenvalue weighted by atomic mass is 9.99. The number of hydrogen-bond acceptors (Lipinski definition) is 2. The van der Waals surface area contributed by atoms with E-state index in [-0.39, 0.29) is 6.42 Å². The van der Waals surface area contributed by atoms with Crippen molar-refractivity contribution >= 4 is 11.6 Å². The average Bonchev–Trinajstić information content (AvgIpc) is 2.39. The van der Waals surface area contributed by atoms with E-state index in [1.165, 1.54) is 0 Å². The molecule has 2 N–H and O–H groups in total. The van der Waals surface area contributed by atoms with Crippen LogP contribution in [0.5, 0.6) is 0 Å². The van der Waals surface area contributed by atoms with Gasteiger partial charge in [0.25, 0.3) is 0 Å². The first-order valence-electron chi connectivity index (χ1n) is 5.83. The van der Waals surface area contributed by atoms with Crippen LogP contribution in [0.4, 0.5) is 0 Å². The summed E-state index contributed by atoms with van der Waals surface area (Å²) in [7, 11) is 0. The quantitative estimate of drug-likeness (QED) is 0.885. The van der Waals surface area contributed by atoms with Gasteiger partial charge in [0.15, 0.2) is 0 Å². The summed E-state index contributed by atoms with van der Waals surface area (Å²) in [6.07, 6.45) is -1.15. The Labute approximate surface area is 111 Å². The smallest absolute Gasteiger partial charge is 0.0818 e. The van der Waals surface area contributed by atoms with Crippen molar-refractivity contribution < 1.29 is 10.2 Å². The summed E-state index contributed by atoms with van der Waals surface area (Å²) >= 11 is 5.87. The van der Waals surface area contributed by atoms with Crippen LogP contribution in [0.25, 0.3) is 0 Å². The third kappa shape index (κ3) is 3.33. The van der Waals surface area contributed by atoms with E-state index >= 15 is 0 Å². The van der Waals surface area contributed by atoms with Crippen molar-refractivity contribution in [3.8, 4) is 0 Å². The molecule has 0 amide bonds. The minimum absolute atomic E-state index is 0.254. The van der Waals surface area contributed by atoms with Crippen molar-refractivity contribution in [1.82, 2.24) is 0 Å². The molecule has 0 heterocycles. The summed E-state index contributed by atoms with van der Waals surface area (Å²) < 4.78 is 0. The van der Waals surface area contributed by atoms with Gasteiger partial charge in [-0.1, -0.05) is 54.1 Å². The molecule has 2 unspecified atom stereocenters. The molecule has 2 nitrogen and oxygen atoms in total. The van der Waals surface area contributed by atoms with Gasteiger partial charge in [-0.3, -0.25) is 0 Å². The molecule has 0 aliphatic heterocycles. The van der Waals surface area contributed by atoms with E-state index in [4.69, 9.17) is 11.6 Å². The maximum absolute atomic E-state index is 10.1. The van der Waals surface area contributed by atoms with E-state index in [0.29, 0.717) is 5.02 Å². The Hall–Kier alpha value is -1.35. The summed E-state index contributed by atoms with van der Waals surface area (Å²) in [4.78, 5) is 0. The molecule has 18 heavy (non-hydrogen) atoms. The molecule has 2 rings (SSSR count). The fraction of sp³-hybridized carbons (Fsp3) is 0.200. The van der Waals surface area contributed by atoms with E-state index < -0.39 is 12.2 Å². The van der Waals surface area contributed by atoms with Gasteiger partial charge in [-0.25, -0.2) is 0 Å². The Morgan fingerprint density at radius 2 is 1.44 bits per heavy atom. The molecule has 0 saturated carbocycles. The summed E-state index contributed by atoms with van der Waals surface area (Å²) in [5, 5.41) is 20.7. The standard InChI is InChI=1S/C15H15ClO2/c16-13-8-4-7-12(9-13)15(18)10-14(17)11-5-2-1-3-6-11/h1-9,14-15,17-18H,10H2. The zero-order valence-corrected chi connectivity index (χ0v) is 10.6. The van der Waals surface area contributed by atoms with Crippen LogP contribution in [0.2, 0.25) is 5.02 Å². The molecule has 0 spiro atoms. The van der Waals surface area contributed by atoms with E-state index in [2.05, 4.69) is 0 Å². The van der Waals surface area contributed by atoms with Crippen molar-refractivity contribution in [3.63, 3.8) is 0 Å². The predicted octanol–water partition coefficient (Wildman–Crippen LogP) is 3.50. The molecule has 0 aliphatic rings. The van der Waals surface area contributed by atoms with Crippen molar-refractivity contribution in [3.05, 3.63) is 70.7 Å². The van der Waals surface area contributed by atoms with Gasteiger partial charge in [-0.15, -0.1) is 0 Å². The highest BCUT2D eigenvalue weighted by Gasteiger charge is 2.15. The monoisotopic (exact) mass is 262 g/mol. The van der Waals surface area contributed by atoms with E-state index in [1.54, 1.807) is 24.3 Å². The van der Waals surface area contributed by atoms with Crippen LogP contribution in [0, 0.1) is 0 Å². The normalized spacial score (nSPS) is 14.2. The summed E-state index contributed by atoms with van der Waals surface area (Å²) in [5.74, 6) is 0. The zero-order chi connectivity index (χ0) is 13.0. The lowest BCUT2D eigenvalue weighted by Crippen LogP contribution is -2.05. The number of aliphatic hydroxyl groups excluding tert-OH is 2. The van der Waals surface area contributed by atoms with E-state index in [9.17, 15) is 10.2 Å². The number of halogens is 1. The van der Waals surface area contributed by atoms with Crippen molar-refractivity contribution in [2.75, 3.05) is 0 Å². The van der Waals surface area contributed by atoms with Crippen LogP contribution in [-0.2, 0) is 0 Å². The fourth-order valence-electron chi connectivity index (χ4n) is 1.87. The Bertz CT molecular complexity index is 499. The van der Waals surface area contributed by atoms with Crippen LogP contribution in [0.15, 0.2) is 54.6 Å². The van der Waals surface area contributed by atoms with Crippen molar-refractivity contribution in [2.24, 2.45) is 0 Å². The van der Waals surface area contributed by atoms with E-state index in [0.717, 1.165) is 11.1 Å². The number of aliphatic hydroxyl groups is 2. The molecule has 0 bridgehead atoms. The second-order valence-electron chi connectivity index (χ2n) is 4.23. The zero-order valence-electron chi connectivity index (χ0n) is 9.83. The second-order valence-corrected chi connectivity index (χ2v) is 4.67. The van der Waals surface area contributed by atoms with Crippen LogP contribution >= 0.6 is 11.6 Å². The Kier molecular flexibility index (Phi) is 4.37. The summed E-state index contributed by atoms with van der Waals surface area (Å²) in [6.45, 7) is 0. The largest absolute Gasteiger partial charge is 0.388 e. The molecule has 2 aromatic carbocycles. The van der Waals surface area contributed by atoms with Crippen LogP contribution in [-0.4, -0.2) is 10.2 Å². The van der Waals surface area contributed by atoms with Crippen LogP contribution in [0.3, 0.4) is 0 Å². The van der Waals surface area contributed by atoms with Gasteiger partial charge in [0.1, 0.15) is 0 Å². The summed E-state index contributed by atoms with van der Waals surface area (Å²) in [6, 6.07) is 16.4. The molecule has 0 aromatic heterocycles. The number of rotatable bonds is 4. The van der Waals surface area contributed by atoms with Gasteiger partial charge in [-0.05, 0) is 23.3 Å². The number of benzene rings is 2. The first-order valence-corrected chi connectivity index (χ1v) is 6.21. The highest BCUT2D eigenvalue weighted by Crippen LogP contribution is 2.27. The Morgan fingerprint density at radius 1 is 0.833 bits per heavy atom. The van der Waals surface area contributed by atoms with Gasteiger partial charge in [0, 0.05) is 11.4 Å². The second kappa shape index (κ2) is 6.01. The SMILES string of the molecule is OC(CC(O)c1cccc(Cl)c1)c1ccccc1. The molecule has 3 heteroatoms. The van der Waals surface area contributed by atoms with Gasteiger partial charge >= 0.3 is 0 Å². The topological polar surface area (TPSA) is 40.5 Å². The molecule has 0 radical (unpaired) electrons. The van der Waals surface area contributed by atoms with Gasteiger partial charge < -0.3 is 10.2 Å². The maximum atomic E-state index is 10.1. The van der Waals surface area contributed by atoms with Crippen LogP contribution in [0.1, 0.15) is 29.8 Å². The molecule has 2 atom stereocenters. The molecular weight excluding hydrogens is 248 g/mol. The molecule has 2 aromatic rings. The van der Waals surface area contributed by atoms with E-state index in [1.807, 2.05) is 30.3 Å². The minimum Gasteiger partial charge on any atom is -0.388 e. The highest BCUT2D eigenvalue weighted by molar-refractivity contribution is 6.30. The third-order valence-electron chi connectivity index (χ3n) is 2.86. The predicted molar refractivity (Wildman–Crippen MR) is 72.4 cm³/mol. The van der Waals surface area contributed by atoms with Gasteiger partial charge in [0.2, 0.25) is 0 Å². The fourth-order valence-corrected chi connectivity index (χ4v) is 2.07. The van der Waals surface area contributed by atoms with Crippen LogP contribution < -0.4 is 0 Å². The first-order chi connectivity index (χ1) is 8.66. The van der Waals surface area contributed by atoms with Crippen molar-refractivity contribution in [2.45, 2.75) is 18.6 Å². The van der Waals surface area contributed by atoms with Gasteiger partial charge in [0.05, 0.1) is 12.2 Å². The Balaban J connectivity index is 2.05. The molecule has 0 saturated heterocycles.